The van der Waals surface area contributed by atoms with Gasteiger partial charge >= 0.3 is 0 Å². The second-order valence-electron chi connectivity index (χ2n) is 5.83. The van der Waals surface area contributed by atoms with Gasteiger partial charge in [0.2, 0.25) is 5.91 Å². The summed E-state index contributed by atoms with van der Waals surface area (Å²) in [4.78, 5) is 14.4. The molecule has 0 bridgehead atoms. The molecule has 5 heteroatoms. The molecule has 0 saturated carbocycles. The fourth-order valence-corrected chi connectivity index (χ4v) is 3.10. The highest BCUT2D eigenvalue weighted by Gasteiger charge is 2.24. The van der Waals surface area contributed by atoms with Crippen LogP contribution in [0.25, 0.3) is 0 Å². The van der Waals surface area contributed by atoms with Crippen LogP contribution in [0.3, 0.4) is 0 Å². The van der Waals surface area contributed by atoms with E-state index < -0.39 is 0 Å². The number of anilines is 1. The predicted molar refractivity (Wildman–Crippen MR) is 92.0 cm³/mol. The SMILES string of the molecule is O=C(Cc1cccc(O)c1)NC1CCN(c2cccc(Cl)c2)C1. The zero-order chi connectivity index (χ0) is 16.2. The number of halogens is 1. The fourth-order valence-electron chi connectivity index (χ4n) is 2.92. The number of aromatic hydroxyl groups is 1. The third-order valence-electron chi connectivity index (χ3n) is 4.00. The molecule has 1 aliphatic heterocycles. The van der Waals surface area contributed by atoms with E-state index >= 15 is 0 Å². The monoisotopic (exact) mass is 330 g/mol. The van der Waals surface area contributed by atoms with E-state index in [0.29, 0.717) is 0 Å². The van der Waals surface area contributed by atoms with Gasteiger partial charge in [-0.1, -0.05) is 29.8 Å². The van der Waals surface area contributed by atoms with E-state index in [0.717, 1.165) is 35.8 Å². The molecule has 2 aromatic rings. The second kappa shape index (κ2) is 6.92. The molecular weight excluding hydrogens is 312 g/mol. The van der Waals surface area contributed by atoms with E-state index in [1.807, 2.05) is 30.3 Å². The van der Waals surface area contributed by atoms with Crippen molar-refractivity contribution in [3.8, 4) is 5.75 Å². The first kappa shape index (κ1) is 15.7. The van der Waals surface area contributed by atoms with Gasteiger partial charge in [0.05, 0.1) is 6.42 Å². The molecule has 1 aliphatic rings. The molecule has 3 rings (SSSR count). The molecule has 1 heterocycles. The van der Waals surface area contributed by atoms with Crippen molar-refractivity contribution in [3.05, 3.63) is 59.1 Å². The van der Waals surface area contributed by atoms with Crippen LogP contribution in [0.15, 0.2) is 48.5 Å². The second-order valence-corrected chi connectivity index (χ2v) is 6.26. The summed E-state index contributed by atoms with van der Waals surface area (Å²) in [7, 11) is 0. The van der Waals surface area contributed by atoms with Gasteiger partial charge in [0.1, 0.15) is 5.75 Å². The van der Waals surface area contributed by atoms with Crippen LogP contribution in [0, 0.1) is 0 Å². The minimum atomic E-state index is -0.0199. The average molecular weight is 331 g/mol. The number of hydrogen-bond acceptors (Lipinski definition) is 3. The number of carbonyl (C=O) groups excluding carboxylic acids is 1. The van der Waals surface area contributed by atoms with E-state index in [4.69, 9.17) is 11.6 Å². The Morgan fingerprint density at radius 2 is 2.09 bits per heavy atom. The third-order valence-corrected chi connectivity index (χ3v) is 4.24. The molecule has 1 unspecified atom stereocenters. The van der Waals surface area contributed by atoms with Crippen LogP contribution in [0.2, 0.25) is 5.02 Å². The van der Waals surface area contributed by atoms with Gasteiger partial charge in [0, 0.05) is 29.8 Å². The van der Waals surface area contributed by atoms with E-state index in [2.05, 4.69) is 10.2 Å². The fraction of sp³-hybridized carbons (Fsp3) is 0.278. The molecule has 0 spiro atoms. The summed E-state index contributed by atoms with van der Waals surface area (Å²) in [6.07, 6.45) is 1.19. The van der Waals surface area contributed by atoms with Crippen molar-refractivity contribution < 1.29 is 9.90 Å². The smallest absolute Gasteiger partial charge is 0.224 e. The molecule has 120 valence electrons. The number of nitrogens with one attached hydrogen (secondary N) is 1. The van der Waals surface area contributed by atoms with Gasteiger partial charge in [-0.2, -0.15) is 0 Å². The standard InChI is InChI=1S/C18H19ClN2O2/c19-14-4-2-5-16(11-14)21-8-7-15(12-21)20-18(23)10-13-3-1-6-17(22)9-13/h1-6,9,11,15,22H,7-8,10,12H2,(H,20,23). The quantitative estimate of drug-likeness (QED) is 0.906. The number of nitrogens with zero attached hydrogens (tertiary/aromatic N) is 1. The van der Waals surface area contributed by atoms with Crippen molar-refractivity contribution in [2.24, 2.45) is 0 Å². The van der Waals surface area contributed by atoms with Crippen LogP contribution in [0.4, 0.5) is 5.69 Å². The number of rotatable bonds is 4. The Morgan fingerprint density at radius 3 is 2.87 bits per heavy atom. The van der Waals surface area contributed by atoms with Gasteiger partial charge in [0.25, 0.3) is 0 Å². The average Bonchev–Trinajstić information content (AvgIpc) is 2.95. The molecule has 0 aromatic heterocycles. The lowest BCUT2D eigenvalue weighted by atomic mass is 10.1. The topological polar surface area (TPSA) is 52.6 Å². The molecule has 0 radical (unpaired) electrons. The van der Waals surface area contributed by atoms with Crippen molar-refractivity contribution in [1.82, 2.24) is 5.32 Å². The molecule has 1 atom stereocenters. The van der Waals surface area contributed by atoms with Gasteiger partial charge in [-0.3, -0.25) is 4.79 Å². The lowest BCUT2D eigenvalue weighted by molar-refractivity contribution is -0.121. The van der Waals surface area contributed by atoms with Crippen LogP contribution in [0.5, 0.6) is 5.75 Å². The van der Waals surface area contributed by atoms with E-state index in [-0.39, 0.29) is 24.1 Å². The lowest BCUT2D eigenvalue weighted by Gasteiger charge is -2.19. The van der Waals surface area contributed by atoms with E-state index in [9.17, 15) is 9.90 Å². The third kappa shape index (κ3) is 4.17. The highest BCUT2D eigenvalue weighted by molar-refractivity contribution is 6.30. The van der Waals surface area contributed by atoms with Crippen molar-refractivity contribution in [2.75, 3.05) is 18.0 Å². The molecule has 1 saturated heterocycles. The van der Waals surface area contributed by atoms with Crippen molar-refractivity contribution in [2.45, 2.75) is 18.9 Å². The summed E-state index contributed by atoms with van der Waals surface area (Å²) in [6, 6.07) is 14.7. The highest BCUT2D eigenvalue weighted by Crippen LogP contribution is 2.23. The first-order valence-electron chi connectivity index (χ1n) is 7.68. The minimum Gasteiger partial charge on any atom is -0.508 e. The zero-order valence-electron chi connectivity index (χ0n) is 12.7. The van der Waals surface area contributed by atoms with Crippen molar-refractivity contribution in [3.63, 3.8) is 0 Å². The molecule has 2 N–H and O–H groups in total. The number of phenolic OH excluding ortho intramolecular Hbond substituents is 1. The maximum absolute atomic E-state index is 12.1. The Hall–Kier alpha value is -2.20. The van der Waals surface area contributed by atoms with Crippen LogP contribution < -0.4 is 10.2 Å². The summed E-state index contributed by atoms with van der Waals surface area (Å²) < 4.78 is 0. The molecule has 23 heavy (non-hydrogen) atoms. The number of phenols is 1. The predicted octanol–water partition coefficient (Wildman–Crippen LogP) is 2.98. The van der Waals surface area contributed by atoms with Gasteiger partial charge in [0.15, 0.2) is 0 Å². The highest BCUT2D eigenvalue weighted by atomic mass is 35.5. The molecule has 1 amide bonds. The lowest BCUT2D eigenvalue weighted by Crippen LogP contribution is -2.37. The Kier molecular flexibility index (Phi) is 4.72. The molecule has 2 aromatic carbocycles. The first-order chi connectivity index (χ1) is 11.1. The van der Waals surface area contributed by atoms with Gasteiger partial charge < -0.3 is 15.3 Å². The van der Waals surface area contributed by atoms with Crippen LogP contribution in [-0.4, -0.2) is 30.1 Å². The van der Waals surface area contributed by atoms with Gasteiger partial charge in [-0.05, 0) is 42.3 Å². The Morgan fingerprint density at radius 1 is 1.26 bits per heavy atom. The number of amides is 1. The van der Waals surface area contributed by atoms with E-state index in [1.165, 1.54) is 0 Å². The molecule has 4 nitrogen and oxygen atoms in total. The molecule has 0 aliphatic carbocycles. The van der Waals surface area contributed by atoms with Crippen molar-refractivity contribution in [1.29, 1.82) is 0 Å². The number of carbonyl (C=O) groups is 1. The largest absolute Gasteiger partial charge is 0.508 e. The normalized spacial score (nSPS) is 17.3. The summed E-state index contributed by atoms with van der Waals surface area (Å²) in [6.45, 7) is 1.68. The first-order valence-corrected chi connectivity index (χ1v) is 8.06. The summed E-state index contributed by atoms with van der Waals surface area (Å²) >= 11 is 6.03. The Labute approximate surface area is 140 Å². The Bertz CT molecular complexity index is 705. The molecular formula is C18H19ClN2O2. The zero-order valence-corrected chi connectivity index (χ0v) is 13.5. The van der Waals surface area contributed by atoms with Gasteiger partial charge in [-0.15, -0.1) is 0 Å². The summed E-state index contributed by atoms with van der Waals surface area (Å²) in [5.74, 6) is 0.164. The number of benzene rings is 2. The van der Waals surface area contributed by atoms with Crippen LogP contribution in [0.1, 0.15) is 12.0 Å². The minimum absolute atomic E-state index is 0.0199. The maximum Gasteiger partial charge on any atom is 0.224 e. The maximum atomic E-state index is 12.1. The van der Waals surface area contributed by atoms with Crippen LogP contribution in [-0.2, 0) is 11.2 Å². The van der Waals surface area contributed by atoms with Crippen molar-refractivity contribution >= 4 is 23.2 Å². The molecule has 1 fully saturated rings. The summed E-state index contributed by atoms with van der Waals surface area (Å²) in [5.41, 5.74) is 1.90. The van der Waals surface area contributed by atoms with Gasteiger partial charge in [-0.25, -0.2) is 0 Å². The van der Waals surface area contributed by atoms with E-state index in [1.54, 1.807) is 18.2 Å². The van der Waals surface area contributed by atoms with Crippen LogP contribution >= 0.6 is 11.6 Å². The Balaban J connectivity index is 1.54. The summed E-state index contributed by atoms with van der Waals surface area (Å²) in [5, 5.41) is 13.2. The number of hydrogen-bond donors (Lipinski definition) is 2.